The molecule has 3 heterocycles. The third-order valence-corrected chi connectivity index (χ3v) is 7.33. The van der Waals surface area contributed by atoms with E-state index in [1.807, 2.05) is 0 Å². The van der Waals surface area contributed by atoms with E-state index in [9.17, 15) is 0 Å². The fourth-order valence-electron chi connectivity index (χ4n) is 5.96. The summed E-state index contributed by atoms with van der Waals surface area (Å²) in [6.45, 7) is 7.49. The molecular formula is C25H25N3O. The lowest BCUT2D eigenvalue weighted by atomic mass is 9.91. The van der Waals surface area contributed by atoms with Crippen molar-refractivity contribution in [1.82, 2.24) is 14.4 Å². The Hall–Kier alpha value is -2.62. The first-order valence-corrected chi connectivity index (χ1v) is 10.9. The van der Waals surface area contributed by atoms with Crippen LogP contribution in [0.1, 0.15) is 74.4 Å². The summed E-state index contributed by atoms with van der Waals surface area (Å²) in [6, 6.07) is 9.20. The van der Waals surface area contributed by atoms with Crippen molar-refractivity contribution >= 4 is 27.6 Å². The molecule has 146 valence electrons. The maximum Gasteiger partial charge on any atom is 0.148 e. The second-order valence-electron chi connectivity index (χ2n) is 10.2. The number of fused-ring (bicyclic) bond motifs is 11. The van der Waals surface area contributed by atoms with Gasteiger partial charge >= 0.3 is 0 Å². The van der Waals surface area contributed by atoms with E-state index in [1.54, 1.807) is 11.1 Å². The molecule has 4 nitrogen and oxygen atoms in total. The molecular weight excluding hydrogens is 358 g/mol. The number of hydrogen-bond donors (Lipinski definition) is 0. The Morgan fingerprint density at radius 2 is 1.76 bits per heavy atom. The van der Waals surface area contributed by atoms with Crippen molar-refractivity contribution in [1.29, 1.82) is 0 Å². The Bertz CT molecular complexity index is 1360. The summed E-state index contributed by atoms with van der Waals surface area (Å²) in [5.74, 6) is 3.56. The zero-order chi connectivity index (χ0) is 19.5. The number of nitrogens with zero attached hydrogens (tertiary/aromatic N) is 3. The van der Waals surface area contributed by atoms with Crippen molar-refractivity contribution in [2.24, 2.45) is 0 Å². The van der Waals surface area contributed by atoms with Crippen molar-refractivity contribution in [3.05, 3.63) is 46.8 Å². The van der Waals surface area contributed by atoms with Crippen LogP contribution >= 0.6 is 0 Å². The highest BCUT2D eigenvalue weighted by Gasteiger charge is 2.37. The standard InChI is InChI=1S/C25H25N3O/c1-25(2,3)24-27-19-12-22-15(6-7-29-22)9-18(19)23-26-20-10-16-13-4-5-14(8-13)17(16)11-21(20)28(23)24/h9-14H,4-8H2,1-3H3. The molecule has 7 rings (SSSR count). The Balaban J connectivity index is 1.64. The quantitative estimate of drug-likeness (QED) is 0.395. The first kappa shape index (κ1) is 16.2. The minimum atomic E-state index is -0.0854. The fourth-order valence-corrected chi connectivity index (χ4v) is 5.96. The fraction of sp³-hybridized carbons (Fsp3) is 0.440. The van der Waals surface area contributed by atoms with Gasteiger partial charge in [-0.3, -0.25) is 4.40 Å². The van der Waals surface area contributed by atoms with E-state index in [-0.39, 0.29) is 5.41 Å². The molecule has 1 saturated carbocycles. The molecule has 2 atom stereocenters. The van der Waals surface area contributed by atoms with Gasteiger partial charge in [0.2, 0.25) is 0 Å². The summed E-state index contributed by atoms with van der Waals surface area (Å²) in [6.07, 6.45) is 5.00. The molecule has 1 aliphatic heterocycles. The zero-order valence-electron chi connectivity index (χ0n) is 17.2. The van der Waals surface area contributed by atoms with E-state index in [1.165, 1.54) is 30.3 Å². The van der Waals surface area contributed by atoms with Gasteiger partial charge in [-0.05, 0) is 66.0 Å². The lowest BCUT2D eigenvalue weighted by molar-refractivity contribution is 0.357. The Labute approximate surface area is 169 Å². The van der Waals surface area contributed by atoms with Crippen molar-refractivity contribution in [2.75, 3.05) is 6.61 Å². The molecule has 0 spiro atoms. The van der Waals surface area contributed by atoms with E-state index >= 15 is 0 Å². The summed E-state index contributed by atoms with van der Waals surface area (Å²) in [5, 5.41) is 1.14. The third kappa shape index (κ3) is 2.04. The summed E-state index contributed by atoms with van der Waals surface area (Å²) < 4.78 is 8.16. The van der Waals surface area contributed by atoms with Crippen LogP contribution in [0.4, 0.5) is 0 Å². The third-order valence-electron chi connectivity index (χ3n) is 7.33. The second kappa shape index (κ2) is 5.10. The van der Waals surface area contributed by atoms with Gasteiger partial charge in [-0.25, -0.2) is 9.97 Å². The summed E-state index contributed by atoms with van der Waals surface area (Å²) in [5.41, 5.74) is 8.69. The Morgan fingerprint density at radius 3 is 2.55 bits per heavy atom. The number of hydrogen-bond acceptors (Lipinski definition) is 3. The van der Waals surface area contributed by atoms with E-state index < -0.39 is 0 Å². The molecule has 2 aromatic heterocycles. The monoisotopic (exact) mass is 383 g/mol. The molecule has 29 heavy (non-hydrogen) atoms. The second-order valence-corrected chi connectivity index (χ2v) is 10.2. The van der Waals surface area contributed by atoms with Crippen molar-refractivity contribution < 1.29 is 4.74 Å². The van der Waals surface area contributed by atoms with E-state index in [2.05, 4.69) is 49.4 Å². The van der Waals surface area contributed by atoms with Gasteiger partial charge in [-0.15, -0.1) is 0 Å². The highest BCUT2D eigenvalue weighted by atomic mass is 16.5. The number of ether oxygens (including phenoxy) is 1. The molecule has 4 aromatic rings. The molecule has 2 bridgehead atoms. The number of rotatable bonds is 0. The van der Waals surface area contributed by atoms with Crippen molar-refractivity contribution in [3.8, 4) is 5.75 Å². The van der Waals surface area contributed by atoms with Gasteiger partial charge in [0, 0.05) is 23.3 Å². The average Bonchev–Trinajstić information content (AvgIpc) is 3.45. The minimum absolute atomic E-state index is 0.0854. The van der Waals surface area contributed by atoms with Crippen LogP contribution in [0, 0.1) is 0 Å². The van der Waals surface area contributed by atoms with Gasteiger partial charge in [0.25, 0.3) is 0 Å². The van der Waals surface area contributed by atoms with Crippen LogP contribution in [-0.2, 0) is 11.8 Å². The molecule has 4 heteroatoms. The van der Waals surface area contributed by atoms with E-state index in [4.69, 9.17) is 14.7 Å². The SMILES string of the molecule is CC(C)(C)c1nc2cc3c(cc2c2nc4cc5c(cc4n12)C1CCC5C1)CCO3. The Kier molecular flexibility index (Phi) is 2.85. The molecule has 2 aromatic carbocycles. The predicted octanol–water partition coefficient (Wildman–Crippen LogP) is 5.63. The highest BCUT2D eigenvalue weighted by molar-refractivity contribution is 5.98. The number of imidazole rings is 1. The maximum atomic E-state index is 5.82. The van der Waals surface area contributed by atoms with E-state index in [0.717, 1.165) is 58.5 Å². The predicted molar refractivity (Wildman–Crippen MR) is 115 cm³/mol. The van der Waals surface area contributed by atoms with Gasteiger partial charge in [0.05, 0.1) is 23.2 Å². The summed E-state index contributed by atoms with van der Waals surface area (Å²) >= 11 is 0. The van der Waals surface area contributed by atoms with Crippen LogP contribution in [0.3, 0.4) is 0 Å². The van der Waals surface area contributed by atoms with Crippen LogP contribution < -0.4 is 4.74 Å². The van der Waals surface area contributed by atoms with Gasteiger partial charge in [-0.2, -0.15) is 0 Å². The Morgan fingerprint density at radius 1 is 0.966 bits per heavy atom. The normalized spacial score (nSPS) is 22.6. The zero-order valence-corrected chi connectivity index (χ0v) is 17.2. The van der Waals surface area contributed by atoms with Gasteiger partial charge in [-0.1, -0.05) is 20.8 Å². The minimum Gasteiger partial charge on any atom is -0.493 e. The van der Waals surface area contributed by atoms with Gasteiger partial charge in [0.15, 0.2) is 0 Å². The first-order chi connectivity index (χ1) is 14.0. The first-order valence-electron chi connectivity index (χ1n) is 10.9. The molecule has 2 aliphatic carbocycles. The molecule has 0 saturated heterocycles. The maximum absolute atomic E-state index is 5.82. The van der Waals surface area contributed by atoms with E-state index in [0.29, 0.717) is 0 Å². The van der Waals surface area contributed by atoms with Crippen LogP contribution in [0.5, 0.6) is 5.75 Å². The molecule has 0 N–H and O–H groups in total. The smallest absolute Gasteiger partial charge is 0.148 e. The summed E-state index contributed by atoms with van der Waals surface area (Å²) in [4.78, 5) is 10.3. The van der Waals surface area contributed by atoms with Gasteiger partial charge < -0.3 is 4.74 Å². The lowest BCUT2D eigenvalue weighted by Gasteiger charge is -2.21. The lowest BCUT2D eigenvalue weighted by Crippen LogP contribution is -2.19. The average molecular weight is 383 g/mol. The number of benzene rings is 2. The molecule has 0 radical (unpaired) electrons. The van der Waals surface area contributed by atoms with Crippen LogP contribution in [0.15, 0.2) is 24.3 Å². The van der Waals surface area contributed by atoms with Crippen LogP contribution in [-0.4, -0.2) is 21.0 Å². The summed E-state index contributed by atoms with van der Waals surface area (Å²) in [7, 11) is 0. The van der Waals surface area contributed by atoms with Gasteiger partial charge in [0.1, 0.15) is 17.2 Å². The van der Waals surface area contributed by atoms with Crippen molar-refractivity contribution in [3.63, 3.8) is 0 Å². The van der Waals surface area contributed by atoms with Crippen LogP contribution in [0.2, 0.25) is 0 Å². The topological polar surface area (TPSA) is 39.4 Å². The highest BCUT2D eigenvalue weighted by Crippen LogP contribution is 2.54. The van der Waals surface area contributed by atoms with Crippen LogP contribution in [0.25, 0.3) is 27.6 Å². The number of aromatic nitrogens is 3. The molecule has 2 unspecified atom stereocenters. The molecule has 3 aliphatic rings. The largest absolute Gasteiger partial charge is 0.493 e. The molecule has 1 fully saturated rings. The van der Waals surface area contributed by atoms with Crippen molar-refractivity contribution in [2.45, 2.75) is 63.7 Å². The molecule has 0 amide bonds.